The summed E-state index contributed by atoms with van der Waals surface area (Å²) in [7, 11) is 2.89. The molecule has 12 heteroatoms. The molecule has 0 spiro atoms. The van der Waals surface area contributed by atoms with E-state index in [2.05, 4.69) is 0 Å². The number of morpholine rings is 2. The summed E-state index contributed by atoms with van der Waals surface area (Å²) in [4.78, 5) is 54.5. The van der Waals surface area contributed by atoms with Crippen LogP contribution in [-0.2, 0) is 33.4 Å². The number of carbonyl (C=O) groups excluding carboxylic acids is 4. The molecule has 2 fully saturated rings. The topological polar surface area (TPSA) is 124 Å². The normalized spacial score (nSPS) is 20.8. The van der Waals surface area contributed by atoms with Crippen LogP contribution in [0.5, 0.6) is 0 Å². The Hall–Kier alpha value is -2.44. The van der Waals surface area contributed by atoms with E-state index in [1.807, 2.05) is 20.8 Å². The number of Topliss-reactive ketones (excluding diaryl/α,β-unsaturated/α-hetero) is 1. The highest BCUT2D eigenvalue weighted by molar-refractivity contribution is 5.82. The monoisotopic (exact) mass is 503 g/mol. The maximum Gasteiger partial charge on any atom is 0.410 e. The molecule has 2 saturated heterocycles. The summed E-state index contributed by atoms with van der Waals surface area (Å²) < 4.78 is 21.1. The van der Waals surface area contributed by atoms with Crippen molar-refractivity contribution in [3.63, 3.8) is 0 Å². The van der Waals surface area contributed by atoms with Gasteiger partial charge in [-0.15, -0.1) is 0 Å². The van der Waals surface area contributed by atoms with E-state index in [0.29, 0.717) is 26.3 Å². The Bertz CT molecular complexity index is 745. The van der Waals surface area contributed by atoms with E-state index in [1.165, 1.54) is 30.9 Å². The van der Waals surface area contributed by atoms with Crippen molar-refractivity contribution in [1.82, 2.24) is 14.9 Å². The van der Waals surface area contributed by atoms with Gasteiger partial charge in [0, 0.05) is 20.1 Å². The van der Waals surface area contributed by atoms with Crippen molar-refractivity contribution in [3.05, 3.63) is 0 Å². The minimum atomic E-state index is -0.716. The fourth-order valence-corrected chi connectivity index (χ4v) is 2.97. The van der Waals surface area contributed by atoms with E-state index in [9.17, 15) is 19.2 Å². The number of rotatable bonds is 3. The Balaban J connectivity index is 0.000000355. The molecule has 0 saturated carbocycles. The van der Waals surface area contributed by atoms with Gasteiger partial charge in [-0.25, -0.2) is 14.7 Å². The van der Waals surface area contributed by atoms with E-state index >= 15 is 0 Å². The van der Waals surface area contributed by atoms with Crippen LogP contribution in [0.1, 0.15) is 48.5 Å². The van der Waals surface area contributed by atoms with E-state index in [4.69, 9.17) is 23.8 Å². The molecule has 2 atom stereocenters. The van der Waals surface area contributed by atoms with E-state index in [1.54, 1.807) is 20.8 Å². The van der Waals surface area contributed by atoms with Gasteiger partial charge in [0.25, 0.3) is 5.91 Å². The number of hydrogen-bond acceptors (Lipinski definition) is 9. The Morgan fingerprint density at radius 1 is 0.800 bits per heavy atom. The SMILES string of the molecule is CC(=O)[C@@H]1CN(C(=O)OC(C)(C)C)CCO1.CON(C)C(=O)[C@@H]1CN(C(=O)OC(C)(C)C)CCO1. The molecule has 0 bridgehead atoms. The number of ether oxygens (including phenoxy) is 4. The van der Waals surface area contributed by atoms with E-state index < -0.39 is 29.5 Å². The van der Waals surface area contributed by atoms with Gasteiger partial charge < -0.3 is 28.7 Å². The standard InChI is InChI=1S/C12H22N2O5.C11H19NO4/c1-12(2,3)19-11(16)14-6-7-18-9(8-14)10(15)13(4)17-5;1-8(13)9-7-12(5-6-15-9)10(14)16-11(2,3)4/h9H,6-8H2,1-5H3;9H,5-7H2,1-4H3/t2*9-/m00/s1. The molecule has 2 rings (SSSR count). The third-order valence-electron chi connectivity index (χ3n) is 4.75. The zero-order valence-corrected chi connectivity index (χ0v) is 22.4. The average Bonchev–Trinajstić information content (AvgIpc) is 2.76. The lowest BCUT2D eigenvalue weighted by Crippen LogP contribution is -2.52. The highest BCUT2D eigenvalue weighted by atomic mass is 16.7. The van der Waals surface area contributed by atoms with Gasteiger partial charge in [0.2, 0.25) is 0 Å². The Labute approximate surface area is 207 Å². The second kappa shape index (κ2) is 13.0. The summed E-state index contributed by atoms with van der Waals surface area (Å²) in [5.74, 6) is -0.385. The smallest absolute Gasteiger partial charge is 0.410 e. The van der Waals surface area contributed by atoms with Crippen LogP contribution < -0.4 is 0 Å². The largest absolute Gasteiger partial charge is 0.444 e. The number of nitrogens with zero attached hydrogens (tertiary/aromatic N) is 3. The Morgan fingerprint density at radius 2 is 1.20 bits per heavy atom. The highest BCUT2D eigenvalue weighted by Crippen LogP contribution is 2.15. The van der Waals surface area contributed by atoms with Crippen LogP contribution in [0.25, 0.3) is 0 Å². The van der Waals surface area contributed by atoms with Crippen molar-refractivity contribution in [3.8, 4) is 0 Å². The van der Waals surface area contributed by atoms with Crippen LogP contribution in [0.3, 0.4) is 0 Å². The van der Waals surface area contributed by atoms with Crippen LogP contribution in [0.4, 0.5) is 9.59 Å². The van der Waals surface area contributed by atoms with Crippen molar-refractivity contribution >= 4 is 23.9 Å². The number of hydrogen-bond donors (Lipinski definition) is 0. The molecular formula is C23H41N3O9. The van der Waals surface area contributed by atoms with Gasteiger partial charge in [-0.05, 0) is 48.5 Å². The van der Waals surface area contributed by atoms with Gasteiger partial charge >= 0.3 is 12.2 Å². The van der Waals surface area contributed by atoms with Crippen LogP contribution >= 0.6 is 0 Å². The van der Waals surface area contributed by atoms with E-state index in [-0.39, 0.29) is 30.9 Å². The average molecular weight is 504 g/mol. The van der Waals surface area contributed by atoms with Crippen molar-refractivity contribution in [2.24, 2.45) is 0 Å². The number of amides is 3. The first-order valence-corrected chi connectivity index (χ1v) is 11.5. The molecule has 2 aliphatic rings. The van der Waals surface area contributed by atoms with Gasteiger partial charge in [-0.3, -0.25) is 14.4 Å². The molecule has 202 valence electrons. The summed E-state index contributed by atoms with van der Waals surface area (Å²) in [5.41, 5.74) is -1.07. The summed E-state index contributed by atoms with van der Waals surface area (Å²) in [5, 5.41) is 1.09. The molecule has 2 aliphatic heterocycles. The molecular weight excluding hydrogens is 462 g/mol. The molecule has 0 unspecified atom stereocenters. The third-order valence-corrected chi connectivity index (χ3v) is 4.75. The van der Waals surface area contributed by atoms with Crippen LogP contribution in [0.15, 0.2) is 0 Å². The summed E-state index contributed by atoms with van der Waals surface area (Å²) in [6.45, 7) is 14.3. The van der Waals surface area contributed by atoms with Gasteiger partial charge in [0.15, 0.2) is 11.9 Å². The Morgan fingerprint density at radius 3 is 1.57 bits per heavy atom. The van der Waals surface area contributed by atoms with Crippen molar-refractivity contribution in [2.75, 3.05) is 53.6 Å². The van der Waals surface area contributed by atoms with Gasteiger partial charge in [-0.2, -0.15) is 0 Å². The second-order valence-electron chi connectivity index (χ2n) is 10.2. The minimum absolute atomic E-state index is 0.0618. The van der Waals surface area contributed by atoms with Crippen molar-refractivity contribution in [2.45, 2.75) is 71.9 Å². The Kier molecular flexibility index (Phi) is 11.4. The second-order valence-corrected chi connectivity index (χ2v) is 10.2. The first-order chi connectivity index (χ1) is 16.0. The first-order valence-electron chi connectivity index (χ1n) is 11.5. The fraction of sp³-hybridized carbons (Fsp3) is 0.826. The molecule has 12 nitrogen and oxygen atoms in total. The zero-order valence-electron chi connectivity index (χ0n) is 22.4. The zero-order chi connectivity index (χ0) is 27.0. The molecule has 0 radical (unpaired) electrons. The number of ketones is 1. The lowest BCUT2D eigenvalue weighted by molar-refractivity contribution is -0.184. The summed E-state index contributed by atoms with van der Waals surface area (Å²) in [6.07, 6.45) is -2.05. The van der Waals surface area contributed by atoms with Crippen LogP contribution in [-0.4, -0.2) is 116 Å². The molecule has 35 heavy (non-hydrogen) atoms. The highest BCUT2D eigenvalue weighted by Gasteiger charge is 2.33. The molecule has 0 aliphatic carbocycles. The third kappa shape index (κ3) is 11.2. The molecule has 3 amide bonds. The van der Waals surface area contributed by atoms with Crippen LogP contribution in [0, 0.1) is 0 Å². The molecule has 0 aromatic carbocycles. The number of carbonyl (C=O) groups is 4. The van der Waals surface area contributed by atoms with Crippen molar-refractivity contribution in [1.29, 1.82) is 0 Å². The number of hydroxylamine groups is 2. The number of likely N-dealkylation sites (N-methyl/N-ethyl adjacent to an activating group) is 1. The predicted molar refractivity (Wildman–Crippen MR) is 126 cm³/mol. The van der Waals surface area contributed by atoms with Crippen LogP contribution in [0.2, 0.25) is 0 Å². The van der Waals surface area contributed by atoms with E-state index in [0.717, 1.165) is 5.06 Å². The van der Waals surface area contributed by atoms with Crippen molar-refractivity contribution < 1.29 is 43.0 Å². The molecule has 0 N–H and O–H groups in total. The predicted octanol–water partition coefficient (Wildman–Crippen LogP) is 1.85. The summed E-state index contributed by atoms with van der Waals surface area (Å²) in [6, 6.07) is 0. The lowest BCUT2D eigenvalue weighted by atomic mass is 10.2. The molecule has 2 heterocycles. The molecule has 0 aromatic rings. The lowest BCUT2D eigenvalue weighted by Gasteiger charge is -2.34. The van der Waals surface area contributed by atoms with Gasteiger partial charge in [-0.1, -0.05) is 0 Å². The quantitative estimate of drug-likeness (QED) is 0.531. The minimum Gasteiger partial charge on any atom is -0.444 e. The molecule has 0 aromatic heterocycles. The van der Waals surface area contributed by atoms with Gasteiger partial charge in [0.1, 0.15) is 17.3 Å². The van der Waals surface area contributed by atoms with Gasteiger partial charge in [0.05, 0.1) is 33.4 Å². The first kappa shape index (κ1) is 30.6. The maximum atomic E-state index is 11.9. The fourth-order valence-electron chi connectivity index (χ4n) is 2.97. The maximum absolute atomic E-state index is 11.9. The summed E-state index contributed by atoms with van der Waals surface area (Å²) >= 11 is 0.